The summed E-state index contributed by atoms with van der Waals surface area (Å²) in [6.07, 6.45) is 1.94. The van der Waals surface area contributed by atoms with Crippen LogP contribution in [0.3, 0.4) is 0 Å². The molecule has 2 aromatic rings. The summed E-state index contributed by atoms with van der Waals surface area (Å²) < 4.78 is 10.6. The molecule has 0 aliphatic heterocycles. The minimum Gasteiger partial charge on any atom is -0.618 e. The summed E-state index contributed by atoms with van der Waals surface area (Å²) in [5.74, 6) is -0.602. The zero-order valence-electron chi connectivity index (χ0n) is 9.71. The van der Waals surface area contributed by atoms with Crippen LogP contribution in [0.4, 0.5) is 5.69 Å². The van der Waals surface area contributed by atoms with Crippen molar-refractivity contribution in [2.75, 3.05) is 20.0 Å². The van der Waals surface area contributed by atoms with Crippen molar-refractivity contribution in [3.8, 4) is 17.2 Å². The van der Waals surface area contributed by atoms with Crippen molar-refractivity contribution in [2.24, 2.45) is 0 Å². The van der Waals surface area contributed by atoms with Crippen molar-refractivity contribution in [1.29, 1.82) is 0 Å². The predicted octanol–water partition coefficient (Wildman–Crippen LogP) is -0.588. The van der Waals surface area contributed by atoms with E-state index >= 15 is 0 Å². The number of aromatic hydroxyl groups is 1. The Kier molecular flexibility index (Phi) is 2.62. The maximum Gasteiger partial charge on any atom is 0.338 e. The molecule has 0 unspecified atom stereocenters. The van der Waals surface area contributed by atoms with Gasteiger partial charge in [0, 0.05) is 0 Å². The molecule has 3 N–H and O–H groups in total. The fourth-order valence-corrected chi connectivity index (χ4v) is 1.78. The first kappa shape index (κ1) is 11.8. The van der Waals surface area contributed by atoms with Gasteiger partial charge >= 0.3 is 11.0 Å². The van der Waals surface area contributed by atoms with E-state index in [1.807, 2.05) is 0 Å². The Balaban J connectivity index is 3.07. The fourth-order valence-electron chi connectivity index (χ4n) is 1.78. The first-order valence-corrected chi connectivity index (χ1v) is 4.90. The number of hydrogen-bond donors (Lipinski definition) is 2. The van der Waals surface area contributed by atoms with Crippen molar-refractivity contribution in [3.05, 3.63) is 22.8 Å². The topological polar surface area (TPSA) is 119 Å². The van der Waals surface area contributed by atoms with E-state index < -0.39 is 5.75 Å². The second kappa shape index (κ2) is 3.99. The summed E-state index contributed by atoms with van der Waals surface area (Å²) >= 11 is 0. The lowest BCUT2D eigenvalue weighted by Crippen LogP contribution is -2.37. The normalized spacial score (nSPS) is 10.6. The molecule has 0 bridgehead atoms. The number of anilines is 1. The zero-order chi connectivity index (χ0) is 13.4. The Labute approximate surface area is 102 Å². The molecule has 0 aliphatic carbocycles. The van der Waals surface area contributed by atoms with E-state index in [1.54, 1.807) is 0 Å². The van der Waals surface area contributed by atoms with Crippen LogP contribution < -0.4 is 24.7 Å². The molecule has 8 nitrogen and oxygen atoms in total. The van der Waals surface area contributed by atoms with Crippen molar-refractivity contribution in [2.45, 2.75) is 0 Å². The van der Waals surface area contributed by atoms with E-state index in [0.717, 1.165) is 12.4 Å². The Morgan fingerprint density at radius 2 is 1.56 bits per heavy atom. The Morgan fingerprint density at radius 1 is 1.06 bits per heavy atom. The van der Waals surface area contributed by atoms with Gasteiger partial charge < -0.3 is 30.7 Å². The van der Waals surface area contributed by atoms with E-state index in [9.17, 15) is 15.5 Å². The van der Waals surface area contributed by atoms with Crippen LogP contribution in [0.2, 0.25) is 0 Å². The lowest BCUT2D eigenvalue weighted by atomic mass is 10.2. The molecule has 1 aromatic carbocycles. The standard InChI is InChI=1S/C10H11N3O5/c1-17-9-5(11)6-7(8(14)10(9)18-2)13(16)4-3-12(6)15/h3-4,14H,11H2,1-2H3. The van der Waals surface area contributed by atoms with Gasteiger partial charge in [-0.3, -0.25) is 0 Å². The van der Waals surface area contributed by atoms with E-state index in [-0.39, 0.29) is 28.2 Å². The van der Waals surface area contributed by atoms with Crippen LogP contribution in [0.1, 0.15) is 0 Å². The van der Waals surface area contributed by atoms with Crippen molar-refractivity contribution in [3.63, 3.8) is 0 Å². The molecular formula is C10H11N3O5. The number of nitrogens with two attached hydrogens (primary N) is 1. The molecule has 96 valence electrons. The van der Waals surface area contributed by atoms with Crippen LogP contribution >= 0.6 is 0 Å². The van der Waals surface area contributed by atoms with Crippen LogP contribution in [-0.4, -0.2) is 19.3 Å². The highest BCUT2D eigenvalue weighted by molar-refractivity contribution is 5.94. The number of hydrogen-bond acceptors (Lipinski definition) is 6. The van der Waals surface area contributed by atoms with Gasteiger partial charge in [0.25, 0.3) is 0 Å². The molecule has 18 heavy (non-hydrogen) atoms. The SMILES string of the molecule is COc1c(OC)c(O)c2c(c1N)[n+]([O-])cc[n+]2[O-]. The third-order valence-electron chi connectivity index (χ3n) is 2.56. The Bertz CT molecular complexity index is 574. The largest absolute Gasteiger partial charge is 0.618 e. The van der Waals surface area contributed by atoms with Gasteiger partial charge in [-0.15, -0.1) is 0 Å². The van der Waals surface area contributed by atoms with E-state index in [0.29, 0.717) is 9.46 Å². The maximum absolute atomic E-state index is 11.6. The number of benzene rings is 1. The zero-order valence-corrected chi connectivity index (χ0v) is 9.71. The van der Waals surface area contributed by atoms with Crippen molar-refractivity contribution >= 4 is 16.7 Å². The molecular weight excluding hydrogens is 242 g/mol. The summed E-state index contributed by atoms with van der Waals surface area (Å²) in [5, 5.41) is 33.2. The van der Waals surface area contributed by atoms with Crippen LogP contribution in [0.5, 0.6) is 17.2 Å². The number of ether oxygens (including phenoxy) is 2. The summed E-state index contributed by atoms with van der Waals surface area (Å²) in [6.45, 7) is 0. The first-order chi connectivity index (χ1) is 8.52. The number of aromatic nitrogens is 2. The second-order valence-corrected chi connectivity index (χ2v) is 3.48. The summed E-state index contributed by atoms with van der Waals surface area (Å²) in [5.41, 5.74) is 5.22. The van der Waals surface area contributed by atoms with Gasteiger partial charge in [0.2, 0.25) is 23.9 Å². The van der Waals surface area contributed by atoms with Gasteiger partial charge in [0.1, 0.15) is 0 Å². The smallest absolute Gasteiger partial charge is 0.338 e. The van der Waals surface area contributed by atoms with Crippen molar-refractivity contribution in [1.82, 2.24) is 0 Å². The fraction of sp³-hybridized carbons (Fsp3) is 0.200. The van der Waals surface area contributed by atoms with E-state index in [2.05, 4.69) is 0 Å². The molecule has 0 amide bonds. The number of fused-ring (bicyclic) bond motifs is 1. The van der Waals surface area contributed by atoms with Gasteiger partial charge in [-0.1, -0.05) is 0 Å². The first-order valence-electron chi connectivity index (χ1n) is 4.90. The maximum atomic E-state index is 11.6. The third kappa shape index (κ3) is 1.39. The quantitative estimate of drug-likeness (QED) is 0.319. The Morgan fingerprint density at radius 3 is 2.06 bits per heavy atom. The van der Waals surface area contributed by atoms with Gasteiger partial charge in [0.05, 0.1) is 14.2 Å². The number of methoxy groups -OCH3 is 2. The number of phenolic OH excluding ortho intramolecular Hbond substituents is 1. The monoisotopic (exact) mass is 253 g/mol. The minimum absolute atomic E-state index is 0.00157. The number of nitrogen functional groups attached to an aromatic ring is 1. The minimum atomic E-state index is -0.501. The number of phenols is 1. The molecule has 1 heterocycles. The molecule has 0 atom stereocenters. The van der Waals surface area contributed by atoms with Gasteiger partial charge in [-0.25, -0.2) is 0 Å². The average Bonchev–Trinajstić information content (AvgIpc) is 2.35. The van der Waals surface area contributed by atoms with Crippen LogP contribution in [0, 0.1) is 10.4 Å². The van der Waals surface area contributed by atoms with Crippen molar-refractivity contribution < 1.29 is 24.0 Å². The van der Waals surface area contributed by atoms with Crippen LogP contribution in [0.25, 0.3) is 11.0 Å². The van der Waals surface area contributed by atoms with E-state index in [1.165, 1.54) is 14.2 Å². The van der Waals surface area contributed by atoms with Crippen LogP contribution in [0.15, 0.2) is 12.4 Å². The number of rotatable bonds is 2. The Hall–Kier alpha value is -2.64. The highest BCUT2D eigenvalue weighted by Gasteiger charge is 2.30. The lowest BCUT2D eigenvalue weighted by Gasteiger charge is -2.13. The summed E-state index contributed by atoms with van der Waals surface area (Å²) in [6, 6.07) is 0. The highest BCUT2D eigenvalue weighted by atomic mass is 16.5. The molecule has 0 spiro atoms. The second-order valence-electron chi connectivity index (χ2n) is 3.48. The lowest BCUT2D eigenvalue weighted by molar-refractivity contribution is -0.628. The highest BCUT2D eigenvalue weighted by Crippen LogP contribution is 2.45. The average molecular weight is 253 g/mol. The van der Waals surface area contributed by atoms with Gasteiger partial charge in [0.15, 0.2) is 11.4 Å². The van der Waals surface area contributed by atoms with Gasteiger partial charge in [-0.05, 0) is 0 Å². The summed E-state index contributed by atoms with van der Waals surface area (Å²) in [7, 11) is 2.59. The number of nitrogens with zero attached hydrogens (tertiary/aromatic N) is 2. The molecule has 0 aliphatic rings. The molecule has 0 radical (unpaired) electrons. The molecule has 1 aromatic heterocycles. The molecule has 0 fully saturated rings. The molecule has 2 rings (SSSR count). The third-order valence-corrected chi connectivity index (χ3v) is 2.56. The predicted molar refractivity (Wildman–Crippen MR) is 61.0 cm³/mol. The van der Waals surface area contributed by atoms with E-state index in [4.69, 9.17) is 15.2 Å². The molecule has 0 saturated carbocycles. The molecule has 8 heteroatoms. The summed E-state index contributed by atoms with van der Waals surface area (Å²) in [4.78, 5) is 0. The van der Waals surface area contributed by atoms with Crippen LogP contribution in [-0.2, 0) is 0 Å². The van der Waals surface area contributed by atoms with Gasteiger partial charge in [-0.2, -0.15) is 9.46 Å². The molecule has 0 saturated heterocycles.